The first kappa shape index (κ1) is 16.9. The molecule has 0 radical (unpaired) electrons. The van der Waals surface area contributed by atoms with Gasteiger partial charge in [-0.3, -0.25) is 4.84 Å². The van der Waals surface area contributed by atoms with Crippen molar-refractivity contribution >= 4 is 0 Å². The molecule has 0 bridgehead atoms. The van der Waals surface area contributed by atoms with E-state index in [9.17, 15) is 0 Å². The second-order valence-electron chi connectivity index (χ2n) is 5.18. The highest BCUT2D eigenvalue weighted by Crippen LogP contribution is 2.11. The highest BCUT2D eigenvalue weighted by Gasteiger charge is 1.94. The zero-order valence-corrected chi connectivity index (χ0v) is 12.3. The maximum atomic E-state index is 5.36. The number of unbranched alkanes of at least 4 members (excludes halogenated alkanes) is 10. The second kappa shape index (κ2) is 14.0. The molecular formula is C15H33NO. The topological polar surface area (TPSA) is 12.5 Å². The minimum atomic E-state index is 0.879. The summed E-state index contributed by atoms with van der Waals surface area (Å²) in [6.07, 6.45) is 15.3. The summed E-state index contributed by atoms with van der Waals surface area (Å²) in [5.74, 6) is 0. The summed E-state index contributed by atoms with van der Waals surface area (Å²) in [7, 11) is 3.89. The molecule has 2 nitrogen and oxygen atoms in total. The standard InChI is InChI=1S/C15H33NO/c1-4-5-6-7-8-9-10-11-12-13-14-15-17-16(2)3/h4-15H2,1-3H3. The van der Waals surface area contributed by atoms with Crippen LogP contribution in [-0.2, 0) is 4.84 Å². The molecule has 0 saturated heterocycles. The van der Waals surface area contributed by atoms with E-state index in [1.54, 1.807) is 5.06 Å². The van der Waals surface area contributed by atoms with Crippen molar-refractivity contribution in [3.63, 3.8) is 0 Å². The van der Waals surface area contributed by atoms with Gasteiger partial charge in [-0.15, -0.1) is 0 Å². The van der Waals surface area contributed by atoms with Gasteiger partial charge in [0.2, 0.25) is 0 Å². The van der Waals surface area contributed by atoms with Gasteiger partial charge in [-0.2, -0.15) is 5.06 Å². The van der Waals surface area contributed by atoms with E-state index in [2.05, 4.69) is 6.92 Å². The van der Waals surface area contributed by atoms with E-state index in [1.165, 1.54) is 70.6 Å². The van der Waals surface area contributed by atoms with Crippen molar-refractivity contribution in [2.45, 2.75) is 77.6 Å². The van der Waals surface area contributed by atoms with Crippen LogP contribution in [0.4, 0.5) is 0 Å². The SMILES string of the molecule is CCCCCCCCCCCCCON(C)C. The van der Waals surface area contributed by atoms with Crippen LogP contribution in [0.5, 0.6) is 0 Å². The van der Waals surface area contributed by atoms with Crippen molar-refractivity contribution in [2.24, 2.45) is 0 Å². The molecule has 0 amide bonds. The summed E-state index contributed by atoms with van der Waals surface area (Å²) in [6, 6.07) is 0. The molecule has 0 aromatic heterocycles. The third kappa shape index (κ3) is 15.9. The molecule has 0 fully saturated rings. The summed E-state index contributed by atoms with van der Waals surface area (Å²) in [4.78, 5) is 5.36. The molecule has 0 aliphatic rings. The fourth-order valence-corrected chi connectivity index (χ4v) is 2.01. The molecule has 0 spiro atoms. The lowest BCUT2D eigenvalue weighted by Crippen LogP contribution is -2.13. The van der Waals surface area contributed by atoms with Crippen LogP contribution in [0.1, 0.15) is 77.6 Å². The molecule has 2 heteroatoms. The van der Waals surface area contributed by atoms with Crippen molar-refractivity contribution in [3.8, 4) is 0 Å². The van der Waals surface area contributed by atoms with Gasteiger partial charge in [-0.25, -0.2) is 0 Å². The van der Waals surface area contributed by atoms with Crippen LogP contribution in [0.15, 0.2) is 0 Å². The Morgan fingerprint density at radius 1 is 0.647 bits per heavy atom. The van der Waals surface area contributed by atoms with E-state index >= 15 is 0 Å². The van der Waals surface area contributed by atoms with Crippen LogP contribution in [0, 0.1) is 0 Å². The molecule has 104 valence electrons. The van der Waals surface area contributed by atoms with Crippen molar-refractivity contribution in [3.05, 3.63) is 0 Å². The Morgan fingerprint density at radius 2 is 1.06 bits per heavy atom. The zero-order valence-electron chi connectivity index (χ0n) is 12.3. The highest BCUT2D eigenvalue weighted by atomic mass is 16.7. The van der Waals surface area contributed by atoms with E-state index in [0.717, 1.165) is 6.61 Å². The molecule has 17 heavy (non-hydrogen) atoms. The molecule has 0 aromatic carbocycles. The molecule has 0 rings (SSSR count). The predicted octanol–water partition coefficient (Wildman–Crippen LogP) is 4.79. The minimum absolute atomic E-state index is 0.879. The van der Waals surface area contributed by atoms with Crippen LogP contribution in [0.2, 0.25) is 0 Å². The third-order valence-electron chi connectivity index (χ3n) is 3.10. The van der Waals surface area contributed by atoms with Crippen molar-refractivity contribution in [1.29, 1.82) is 0 Å². The lowest BCUT2D eigenvalue weighted by molar-refractivity contribution is -0.120. The smallest absolute Gasteiger partial charge is 0.0684 e. The lowest BCUT2D eigenvalue weighted by Gasteiger charge is -2.09. The fraction of sp³-hybridized carbons (Fsp3) is 1.00. The quantitative estimate of drug-likeness (QED) is 0.340. The van der Waals surface area contributed by atoms with Crippen LogP contribution in [0.25, 0.3) is 0 Å². The Kier molecular flexibility index (Phi) is 13.9. The molecule has 0 aromatic rings. The van der Waals surface area contributed by atoms with E-state index in [1.807, 2.05) is 14.1 Å². The van der Waals surface area contributed by atoms with Gasteiger partial charge in [0.05, 0.1) is 6.61 Å². The van der Waals surface area contributed by atoms with Crippen molar-refractivity contribution in [2.75, 3.05) is 20.7 Å². The first-order chi connectivity index (χ1) is 8.27. The molecule has 0 atom stereocenters. The number of hydrogen-bond donors (Lipinski definition) is 0. The normalized spacial score (nSPS) is 11.3. The summed E-state index contributed by atoms with van der Waals surface area (Å²) in [5, 5.41) is 1.79. The zero-order chi connectivity index (χ0) is 12.8. The lowest BCUT2D eigenvalue weighted by atomic mass is 10.1. The molecule has 0 aliphatic heterocycles. The summed E-state index contributed by atoms with van der Waals surface area (Å²) in [6.45, 7) is 3.16. The Labute approximate surface area is 109 Å². The number of nitrogens with zero attached hydrogens (tertiary/aromatic N) is 1. The Morgan fingerprint density at radius 3 is 1.47 bits per heavy atom. The van der Waals surface area contributed by atoms with Crippen molar-refractivity contribution < 1.29 is 4.84 Å². The molecule has 0 aliphatic carbocycles. The first-order valence-electron chi connectivity index (χ1n) is 7.57. The predicted molar refractivity (Wildman–Crippen MR) is 76.1 cm³/mol. The third-order valence-corrected chi connectivity index (χ3v) is 3.10. The molecule has 0 N–H and O–H groups in total. The van der Waals surface area contributed by atoms with Gasteiger partial charge in [0, 0.05) is 14.1 Å². The maximum absolute atomic E-state index is 5.36. The summed E-state index contributed by atoms with van der Waals surface area (Å²) in [5.41, 5.74) is 0. The largest absolute Gasteiger partial charge is 0.300 e. The highest BCUT2D eigenvalue weighted by molar-refractivity contribution is 4.47. The average molecular weight is 243 g/mol. The summed E-state index contributed by atoms with van der Waals surface area (Å²) < 4.78 is 0. The van der Waals surface area contributed by atoms with Crippen LogP contribution < -0.4 is 0 Å². The van der Waals surface area contributed by atoms with Gasteiger partial charge < -0.3 is 0 Å². The fourth-order valence-electron chi connectivity index (χ4n) is 2.01. The van der Waals surface area contributed by atoms with Gasteiger partial charge in [0.1, 0.15) is 0 Å². The second-order valence-corrected chi connectivity index (χ2v) is 5.18. The van der Waals surface area contributed by atoms with Crippen LogP contribution in [-0.4, -0.2) is 25.8 Å². The van der Waals surface area contributed by atoms with E-state index in [-0.39, 0.29) is 0 Å². The van der Waals surface area contributed by atoms with Gasteiger partial charge in [0.25, 0.3) is 0 Å². The molecular weight excluding hydrogens is 210 g/mol. The van der Waals surface area contributed by atoms with Gasteiger partial charge in [0.15, 0.2) is 0 Å². The van der Waals surface area contributed by atoms with Crippen LogP contribution in [0.3, 0.4) is 0 Å². The molecule has 0 saturated carbocycles. The number of rotatable bonds is 13. The first-order valence-corrected chi connectivity index (χ1v) is 7.57. The Hall–Kier alpha value is -0.0800. The van der Waals surface area contributed by atoms with Crippen LogP contribution >= 0.6 is 0 Å². The van der Waals surface area contributed by atoms with Gasteiger partial charge >= 0.3 is 0 Å². The Bertz CT molecular complexity index is 137. The Balaban J connectivity index is 2.89. The average Bonchev–Trinajstić information content (AvgIpc) is 2.30. The summed E-state index contributed by atoms with van der Waals surface area (Å²) >= 11 is 0. The number of hydroxylamine groups is 2. The molecule has 0 heterocycles. The van der Waals surface area contributed by atoms with E-state index in [0.29, 0.717) is 0 Å². The van der Waals surface area contributed by atoms with Crippen molar-refractivity contribution in [1.82, 2.24) is 5.06 Å². The van der Waals surface area contributed by atoms with E-state index < -0.39 is 0 Å². The monoisotopic (exact) mass is 243 g/mol. The number of hydrogen-bond acceptors (Lipinski definition) is 2. The van der Waals surface area contributed by atoms with Gasteiger partial charge in [-0.1, -0.05) is 71.1 Å². The van der Waals surface area contributed by atoms with Gasteiger partial charge in [-0.05, 0) is 6.42 Å². The maximum Gasteiger partial charge on any atom is 0.0684 e. The minimum Gasteiger partial charge on any atom is -0.300 e. The molecule has 0 unspecified atom stereocenters. The van der Waals surface area contributed by atoms with E-state index in [4.69, 9.17) is 4.84 Å².